The highest BCUT2D eigenvalue weighted by Gasteiger charge is 2.22. The van der Waals surface area contributed by atoms with Crippen molar-refractivity contribution in [1.29, 1.82) is 0 Å². The Hall–Kier alpha value is -2.50. The summed E-state index contributed by atoms with van der Waals surface area (Å²) in [7, 11) is 3.11. The molecule has 7 heteroatoms. The number of halogens is 2. The van der Waals surface area contributed by atoms with Crippen molar-refractivity contribution in [1.82, 2.24) is 5.32 Å². The largest absolute Gasteiger partial charge is 0.497 e. The van der Waals surface area contributed by atoms with E-state index in [0.29, 0.717) is 38.5 Å². The molecule has 1 N–H and O–H groups in total. The molecule has 0 radical (unpaired) electrons. The van der Waals surface area contributed by atoms with E-state index in [-0.39, 0.29) is 11.6 Å². The number of carbonyl (C=O) groups excluding carboxylic acids is 1. The number of rotatable bonds is 4. The Morgan fingerprint density at radius 2 is 1.72 bits per heavy atom. The van der Waals surface area contributed by atoms with Gasteiger partial charge in [-0.05, 0) is 35.9 Å². The summed E-state index contributed by atoms with van der Waals surface area (Å²) in [6.45, 7) is 0. The molecule has 128 valence electrons. The van der Waals surface area contributed by atoms with Gasteiger partial charge in [0.1, 0.15) is 23.0 Å². The van der Waals surface area contributed by atoms with E-state index in [1.54, 1.807) is 56.7 Å². The number of hydrogen-bond donors (Lipinski definition) is 1. The number of aliphatic imine (C=N–C) groups is 1. The molecule has 0 saturated heterocycles. The lowest BCUT2D eigenvalue weighted by molar-refractivity contribution is -0.115. The molecule has 0 bridgehead atoms. The van der Waals surface area contributed by atoms with Crippen LogP contribution in [0.1, 0.15) is 11.1 Å². The molecule has 0 saturated carbocycles. The van der Waals surface area contributed by atoms with Gasteiger partial charge in [0, 0.05) is 21.7 Å². The topological polar surface area (TPSA) is 59.9 Å². The fraction of sp³-hybridized carbons (Fsp3) is 0.111. The van der Waals surface area contributed by atoms with E-state index < -0.39 is 0 Å². The van der Waals surface area contributed by atoms with Gasteiger partial charge in [0.2, 0.25) is 0 Å². The number of nitrogens with zero attached hydrogens (tertiary/aromatic N) is 1. The summed E-state index contributed by atoms with van der Waals surface area (Å²) >= 11 is 12.0. The summed E-state index contributed by atoms with van der Waals surface area (Å²) in [6, 6.07) is 10.3. The summed E-state index contributed by atoms with van der Waals surface area (Å²) in [5.41, 5.74) is 1.58. The van der Waals surface area contributed by atoms with Gasteiger partial charge in [-0.3, -0.25) is 4.79 Å². The molecule has 0 aliphatic carbocycles. The van der Waals surface area contributed by atoms with E-state index in [9.17, 15) is 4.79 Å². The monoisotopic (exact) mass is 376 g/mol. The fourth-order valence-corrected chi connectivity index (χ4v) is 2.78. The van der Waals surface area contributed by atoms with Gasteiger partial charge in [-0.15, -0.1) is 0 Å². The predicted octanol–water partition coefficient (Wildman–Crippen LogP) is 3.93. The molecule has 0 unspecified atom stereocenters. The van der Waals surface area contributed by atoms with Crippen LogP contribution >= 0.6 is 23.2 Å². The molecule has 2 aromatic rings. The first-order valence-corrected chi connectivity index (χ1v) is 8.06. The van der Waals surface area contributed by atoms with Crippen molar-refractivity contribution in [2.75, 3.05) is 14.2 Å². The van der Waals surface area contributed by atoms with Gasteiger partial charge in [0.05, 0.1) is 14.2 Å². The minimum absolute atomic E-state index is 0.251. The van der Waals surface area contributed by atoms with Crippen molar-refractivity contribution >= 4 is 41.0 Å². The number of methoxy groups -OCH3 is 2. The predicted molar refractivity (Wildman–Crippen MR) is 98.7 cm³/mol. The second-order valence-electron chi connectivity index (χ2n) is 5.21. The molecular formula is C18H14Cl2N2O3. The first-order chi connectivity index (χ1) is 12.0. The van der Waals surface area contributed by atoms with E-state index in [1.807, 2.05) is 0 Å². The Morgan fingerprint density at radius 3 is 2.32 bits per heavy atom. The van der Waals surface area contributed by atoms with E-state index in [1.165, 1.54) is 0 Å². The molecule has 5 nitrogen and oxygen atoms in total. The molecule has 0 atom stereocenters. The smallest absolute Gasteiger partial charge is 0.275 e. The zero-order valence-corrected chi connectivity index (χ0v) is 15.0. The molecular weight excluding hydrogens is 363 g/mol. The number of nitrogens with one attached hydrogen (secondary N) is 1. The Bertz CT molecular complexity index is 885. The van der Waals surface area contributed by atoms with Crippen LogP contribution in [-0.2, 0) is 4.79 Å². The van der Waals surface area contributed by atoms with E-state index >= 15 is 0 Å². The quantitative estimate of drug-likeness (QED) is 0.822. The number of amidine groups is 1. The Kier molecular flexibility index (Phi) is 4.97. The molecule has 25 heavy (non-hydrogen) atoms. The molecule has 0 spiro atoms. The average molecular weight is 377 g/mol. The maximum atomic E-state index is 12.2. The van der Waals surface area contributed by atoms with Crippen LogP contribution < -0.4 is 14.8 Å². The number of hydrogen-bond acceptors (Lipinski definition) is 4. The summed E-state index contributed by atoms with van der Waals surface area (Å²) in [5, 5.41) is 3.70. The maximum absolute atomic E-state index is 12.2. The Balaban J connectivity index is 1.99. The highest BCUT2D eigenvalue weighted by atomic mass is 35.5. The molecule has 1 heterocycles. The second-order valence-corrected chi connectivity index (χ2v) is 6.05. The molecule has 3 rings (SSSR count). The van der Waals surface area contributed by atoms with E-state index in [0.717, 1.165) is 0 Å². The molecule has 0 aromatic heterocycles. The van der Waals surface area contributed by atoms with Crippen molar-refractivity contribution in [3.8, 4) is 11.5 Å². The summed E-state index contributed by atoms with van der Waals surface area (Å²) < 4.78 is 10.5. The summed E-state index contributed by atoms with van der Waals surface area (Å²) in [4.78, 5) is 16.6. The lowest BCUT2D eigenvalue weighted by Gasteiger charge is -2.08. The number of ether oxygens (including phenoxy) is 2. The van der Waals surface area contributed by atoms with Gasteiger partial charge >= 0.3 is 0 Å². The van der Waals surface area contributed by atoms with Crippen LogP contribution in [0.25, 0.3) is 6.08 Å². The highest BCUT2D eigenvalue weighted by molar-refractivity contribution is 6.35. The Labute approximate surface area is 154 Å². The molecule has 1 aliphatic rings. The standard InChI is InChI=1S/C18H14Cl2N2O3/c1-24-13-5-11(6-14(9-13)25-2)17-21-16(18(23)22-17)7-10-3-4-12(19)8-15(10)20/h3-9H,1-2H3,(H,21,22,23)/b16-7-. The van der Waals surface area contributed by atoms with Crippen LogP contribution in [-0.4, -0.2) is 26.0 Å². The van der Waals surface area contributed by atoms with Crippen LogP contribution in [0.3, 0.4) is 0 Å². The second kappa shape index (κ2) is 7.17. The first-order valence-electron chi connectivity index (χ1n) is 7.30. The highest BCUT2D eigenvalue weighted by Crippen LogP contribution is 2.26. The van der Waals surface area contributed by atoms with Crippen LogP contribution in [0.4, 0.5) is 0 Å². The maximum Gasteiger partial charge on any atom is 0.275 e. The SMILES string of the molecule is COc1cc(OC)cc(C2=N/C(=C\c3ccc(Cl)cc3Cl)C(=O)N2)c1. The van der Waals surface area contributed by atoms with Gasteiger partial charge < -0.3 is 14.8 Å². The third-order valence-corrected chi connectivity index (χ3v) is 4.14. The zero-order valence-electron chi connectivity index (χ0n) is 13.5. The summed E-state index contributed by atoms with van der Waals surface area (Å²) in [5.74, 6) is 1.30. The molecule has 2 aromatic carbocycles. The third-order valence-electron chi connectivity index (χ3n) is 3.58. The molecule has 1 aliphatic heterocycles. The molecule has 1 amide bonds. The van der Waals surface area contributed by atoms with Gasteiger partial charge in [-0.2, -0.15) is 0 Å². The minimum Gasteiger partial charge on any atom is -0.497 e. The fourth-order valence-electron chi connectivity index (χ4n) is 2.32. The summed E-state index contributed by atoms with van der Waals surface area (Å²) in [6.07, 6.45) is 1.61. The van der Waals surface area contributed by atoms with Crippen LogP contribution in [0.5, 0.6) is 11.5 Å². The van der Waals surface area contributed by atoms with Crippen LogP contribution in [0, 0.1) is 0 Å². The van der Waals surface area contributed by atoms with Crippen molar-refractivity contribution in [2.45, 2.75) is 0 Å². The van der Waals surface area contributed by atoms with Crippen molar-refractivity contribution < 1.29 is 14.3 Å². The average Bonchev–Trinajstić information content (AvgIpc) is 2.97. The van der Waals surface area contributed by atoms with Crippen LogP contribution in [0.2, 0.25) is 10.0 Å². The first kappa shape index (κ1) is 17.3. The van der Waals surface area contributed by atoms with E-state index in [4.69, 9.17) is 32.7 Å². The van der Waals surface area contributed by atoms with Gasteiger partial charge in [0.25, 0.3) is 5.91 Å². The third kappa shape index (κ3) is 3.78. The Morgan fingerprint density at radius 1 is 1.04 bits per heavy atom. The lowest BCUT2D eigenvalue weighted by atomic mass is 10.2. The zero-order chi connectivity index (χ0) is 18.0. The van der Waals surface area contributed by atoms with Crippen molar-refractivity contribution in [3.63, 3.8) is 0 Å². The van der Waals surface area contributed by atoms with Crippen LogP contribution in [0.15, 0.2) is 47.1 Å². The van der Waals surface area contributed by atoms with Gasteiger partial charge in [-0.1, -0.05) is 29.3 Å². The number of carbonyl (C=O) groups is 1. The van der Waals surface area contributed by atoms with Gasteiger partial charge in [-0.25, -0.2) is 4.99 Å². The normalized spacial score (nSPS) is 15.1. The van der Waals surface area contributed by atoms with E-state index in [2.05, 4.69) is 10.3 Å². The number of amides is 1. The van der Waals surface area contributed by atoms with Crippen molar-refractivity contribution in [3.05, 3.63) is 63.3 Å². The minimum atomic E-state index is -0.317. The lowest BCUT2D eigenvalue weighted by Crippen LogP contribution is -2.24. The number of benzene rings is 2. The van der Waals surface area contributed by atoms with Gasteiger partial charge in [0.15, 0.2) is 0 Å². The van der Waals surface area contributed by atoms with Crippen molar-refractivity contribution in [2.24, 2.45) is 4.99 Å². The molecule has 0 fully saturated rings.